The maximum atomic E-state index is 10.7. The summed E-state index contributed by atoms with van der Waals surface area (Å²) in [5.74, 6) is 0.357. The van der Waals surface area contributed by atoms with E-state index in [1.807, 2.05) is 13.8 Å². The second-order valence-electron chi connectivity index (χ2n) is 6.47. The van der Waals surface area contributed by atoms with Crippen LogP contribution in [0.25, 0.3) is 0 Å². The molecule has 0 fully saturated rings. The van der Waals surface area contributed by atoms with Gasteiger partial charge in [0.1, 0.15) is 0 Å². The zero-order chi connectivity index (χ0) is 19.3. The number of hydrogen-bond donors (Lipinski definition) is 2. The third-order valence-corrected chi connectivity index (χ3v) is 4.78. The van der Waals surface area contributed by atoms with Crippen molar-refractivity contribution >= 4 is 10.1 Å². The van der Waals surface area contributed by atoms with Gasteiger partial charge in [0, 0.05) is 6.54 Å². The average molecular weight is 374 g/mol. The van der Waals surface area contributed by atoms with Gasteiger partial charge in [0.05, 0.1) is 11.5 Å². The van der Waals surface area contributed by atoms with Crippen LogP contribution in [-0.2, 0) is 10.1 Å². The molecule has 1 aromatic carbocycles. The molecular formula is C19H35NO4S. The van der Waals surface area contributed by atoms with Crippen molar-refractivity contribution in [2.75, 3.05) is 26.2 Å². The van der Waals surface area contributed by atoms with Crippen LogP contribution < -0.4 is 0 Å². The van der Waals surface area contributed by atoms with E-state index in [0.717, 1.165) is 25.2 Å². The lowest BCUT2D eigenvalue weighted by Crippen LogP contribution is -2.28. The maximum Gasteiger partial charge on any atom is 0.294 e. The van der Waals surface area contributed by atoms with Gasteiger partial charge >= 0.3 is 0 Å². The Hall–Kier alpha value is -0.950. The highest BCUT2D eigenvalue weighted by molar-refractivity contribution is 7.85. The molecular weight excluding hydrogens is 338 g/mol. The predicted molar refractivity (Wildman–Crippen MR) is 104 cm³/mol. The quantitative estimate of drug-likeness (QED) is 0.608. The van der Waals surface area contributed by atoms with Crippen LogP contribution in [-0.4, -0.2) is 49.2 Å². The fourth-order valence-corrected chi connectivity index (χ4v) is 2.74. The lowest BCUT2D eigenvalue weighted by atomic mass is 10.0. The predicted octanol–water partition coefficient (Wildman–Crippen LogP) is 3.94. The lowest BCUT2D eigenvalue weighted by molar-refractivity contribution is 0.192. The third-order valence-electron chi connectivity index (χ3n) is 3.92. The largest absolute Gasteiger partial charge is 0.395 e. The Morgan fingerprint density at radius 3 is 1.76 bits per heavy atom. The number of aliphatic hydroxyl groups excluding tert-OH is 1. The Bertz CT molecular complexity index is 533. The highest BCUT2D eigenvalue weighted by Gasteiger charge is 2.08. The molecule has 5 nitrogen and oxygen atoms in total. The summed E-state index contributed by atoms with van der Waals surface area (Å²) in [6.07, 6.45) is 5.00. The van der Waals surface area contributed by atoms with Gasteiger partial charge in [0.15, 0.2) is 0 Å². The van der Waals surface area contributed by atoms with E-state index >= 15 is 0 Å². The summed E-state index contributed by atoms with van der Waals surface area (Å²) in [6.45, 7) is 11.9. The first-order valence-electron chi connectivity index (χ1n) is 9.16. The van der Waals surface area contributed by atoms with Gasteiger partial charge < -0.3 is 10.0 Å². The Balaban J connectivity index is 0.000000463. The minimum atomic E-state index is -4.05. The highest BCUT2D eigenvalue weighted by Crippen LogP contribution is 2.16. The molecule has 146 valence electrons. The molecule has 1 rings (SSSR count). The molecule has 0 spiro atoms. The number of benzene rings is 1. The molecule has 0 bridgehead atoms. The second-order valence-corrected chi connectivity index (χ2v) is 7.89. The Kier molecular flexibility index (Phi) is 12.8. The summed E-state index contributed by atoms with van der Waals surface area (Å²) in [4.78, 5) is 2.30. The summed E-state index contributed by atoms with van der Waals surface area (Å²) in [7, 11) is -4.05. The summed E-state index contributed by atoms with van der Waals surface area (Å²) >= 11 is 0. The van der Waals surface area contributed by atoms with Gasteiger partial charge in [-0.15, -0.1) is 0 Å². The molecule has 25 heavy (non-hydrogen) atoms. The van der Waals surface area contributed by atoms with Gasteiger partial charge in [-0.2, -0.15) is 8.42 Å². The first-order valence-corrected chi connectivity index (χ1v) is 10.6. The number of rotatable bonds is 10. The molecule has 0 aliphatic rings. The zero-order valence-electron chi connectivity index (χ0n) is 16.1. The molecule has 0 saturated carbocycles. The molecule has 0 aliphatic carbocycles. The summed E-state index contributed by atoms with van der Waals surface area (Å²) in [5.41, 5.74) is 1.05. The number of aliphatic hydroxyl groups is 1. The van der Waals surface area contributed by atoms with Crippen molar-refractivity contribution in [1.29, 1.82) is 0 Å². The molecule has 0 aliphatic heterocycles. The first kappa shape index (κ1) is 24.1. The van der Waals surface area contributed by atoms with Gasteiger partial charge in [0.25, 0.3) is 10.1 Å². The number of nitrogens with zero attached hydrogens (tertiary/aromatic N) is 1. The Labute approximate surface area is 153 Å². The topological polar surface area (TPSA) is 77.8 Å². The van der Waals surface area contributed by atoms with Crippen LogP contribution in [0.2, 0.25) is 0 Å². The Morgan fingerprint density at radius 1 is 0.960 bits per heavy atom. The molecule has 6 heteroatoms. The van der Waals surface area contributed by atoms with E-state index in [0.29, 0.717) is 12.5 Å². The standard InChI is InChI=1S/C10H23NO.C9H12O3S/c1-3-5-7-11(9-10-12)8-6-4-2;1-7(2)8-3-5-9(6-4-8)13(10,11)12/h12H,3-10H2,1-2H3;3-7H,1-2H3,(H,10,11,12). The van der Waals surface area contributed by atoms with E-state index in [4.69, 9.17) is 9.66 Å². The molecule has 0 unspecified atom stereocenters. The van der Waals surface area contributed by atoms with Crippen LogP contribution in [0.1, 0.15) is 64.9 Å². The van der Waals surface area contributed by atoms with Crippen molar-refractivity contribution < 1.29 is 18.1 Å². The van der Waals surface area contributed by atoms with Crippen LogP contribution in [0, 0.1) is 0 Å². The second kappa shape index (κ2) is 13.3. The fraction of sp³-hybridized carbons (Fsp3) is 0.684. The van der Waals surface area contributed by atoms with Crippen LogP contribution in [0.15, 0.2) is 29.2 Å². The van der Waals surface area contributed by atoms with Crippen molar-refractivity contribution in [2.45, 2.75) is 64.2 Å². The van der Waals surface area contributed by atoms with Crippen molar-refractivity contribution in [2.24, 2.45) is 0 Å². The zero-order valence-corrected chi connectivity index (χ0v) is 16.9. The average Bonchev–Trinajstić information content (AvgIpc) is 2.57. The first-order chi connectivity index (χ1) is 11.8. The van der Waals surface area contributed by atoms with Gasteiger partial charge in [-0.05, 0) is 49.5 Å². The van der Waals surface area contributed by atoms with Gasteiger partial charge in [-0.25, -0.2) is 0 Å². The van der Waals surface area contributed by atoms with Crippen molar-refractivity contribution in [3.63, 3.8) is 0 Å². The van der Waals surface area contributed by atoms with E-state index in [2.05, 4.69) is 18.7 Å². The smallest absolute Gasteiger partial charge is 0.294 e. The van der Waals surface area contributed by atoms with Gasteiger partial charge in [0.2, 0.25) is 0 Å². The lowest BCUT2D eigenvalue weighted by Gasteiger charge is -2.20. The molecule has 0 atom stereocenters. The SMILES string of the molecule is CC(C)c1ccc(S(=O)(=O)O)cc1.CCCCN(CCO)CCCC. The molecule has 0 radical (unpaired) electrons. The number of hydrogen-bond acceptors (Lipinski definition) is 4. The van der Waals surface area contributed by atoms with E-state index < -0.39 is 10.1 Å². The van der Waals surface area contributed by atoms with E-state index in [1.54, 1.807) is 12.1 Å². The van der Waals surface area contributed by atoms with Crippen molar-refractivity contribution in [3.05, 3.63) is 29.8 Å². The van der Waals surface area contributed by atoms with Crippen LogP contribution >= 0.6 is 0 Å². The molecule has 2 N–H and O–H groups in total. The molecule has 0 heterocycles. The third kappa shape index (κ3) is 11.3. The van der Waals surface area contributed by atoms with E-state index in [9.17, 15) is 8.42 Å². The van der Waals surface area contributed by atoms with Gasteiger partial charge in [-0.1, -0.05) is 52.7 Å². The summed E-state index contributed by atoms with van der Waals surface area (Å²) in [5, 5.41) is 8.79. The summed E-state index contributed by atoms with van der Waals surface area (Å²) < 4.78 is 30.0. The van der Waals surface area contributed by atoms with E-state index in [-0.39, 0.29) is 4.90 Å². The van der Waals surface area contributed by atoms with Crippen LogP contribution in [0.3, 0.4) is 0 Å². The van der Waals surface area contributed by atoms with Crippen LogP contribution in [0.5, 0.6) is 0 Å². The maximum absolute atomic E-state index is 10.7. The minimum Gasteiger partial charge on any atom is -0.395 e. The van der Waals surface area contributed by atoms with Gasteiger partial charge in [-0.3, -0.25) is 4.55 Å². The van der Waals surface area contributed by atoms with E-state index in [1.165, 1.54) is 37.8 Å². The normalized spacial score (nSPS) is 11.5. The monoisotopic (exact) mass is 373 g/mol. The fourth-order valence-electron chi connectivity index (χ4n) is 2.26. The molecule has 0 amide bonds. The molecule has 1 aromatic rings. The van der Waals surface area contributed by atoms with Crippen molar-refractivity contribution in [3.8, 4) is 0 Å². The van der Waals surface area contributed by atoms with Crippen LogP contribution in [0.4, 0.5) is 0 Å². The molecule has 0 aromatic heterocycles. The Morgan fingerprint density at radius 2 is 1.44 bits per heavy atom. The molecule has 0 saturated heterocycles. The minimum absolute atomic E-state index is 0.0584. The van der Waals surface area contributed by atoms with Crippen molar-refractivity contribution in [1.82, 2.24) is 4.90 Å². The highest BCUT2D eigenvalue weighted by atomic mass is 32.2. The summed E-state index contributed by atoms with van der Waals surface area (Å²) in [6, 6.07) is 6.22. The number of unbranched alkanes of at least 4 members (excludes halogenated alkanes) is 2.